The smallest absolute Gasteiger partial charge is 0.416 e. The van der Waals surface area contributed by atoms with Gasteiger partial charge in [0.2, 0.25) is 12.7 Å². The van der Waals surface area contributed by atoms with Gasteiger partial charge in [-0.2, -0.15) is 18.3 Å². The highest BCUT2D eigenvalue weighted by atomic mass is 19.4. The summed E-state index contributed by atoms with van der Waals surface area (Å²) >= 11 is 0. The van der Waals surface area contributed by atoms with E-state index in [0.717, 1.165) is 17.7 Å². The van der Waals surface area contributed by atoms with Crippen molar-refractivity contribution in [3.8, 4) is 17.2 Å². The topological polar surface area (TPSA) is 65.4 Å². The molecule has 2 aromatic carbocycles. The Balaban J connectivity index is 1.50. The van der Waals surface area contributed by atoms with Gasteiger partial charge < -0.3 is 14.8 Å². The first-order valence-electron chi connectivity index (χ1n) is 8.80. The Labute approximate surface area is 163 Å². The fourth-order valence-electron chi connectivity index (χ4n) is 2.99. The lowest BCUT2D eigenvalue weighted by Crippen LogP contribution is -2.16. The van der Waals surface area contributed by atoms with Crippen LogP contribution in [0.3, 0.4) is 0 Å². The van der Waals surface area contributed by atoms with Gasteiger partial charge in [0.1, 0.15) is 0 Å². The number of aryl methyl sites for hydroxylation is 1. The summed E-state index contributed by atoms with van der Waals surface area (Å²) in [6.07, 6.45) is -0.935. The molecule has 1 aromatic heterocycles. The van der Waals surface area contributed by atoms with E-state index in [2.05, 4.69) is 10.4 Å². The normalized spacial score (nSPS) is 12.8. The van der Waals surface area contributed by atoms with Gasteiger partial charge >= 0.3 is 6.18 Å². The second-order valence-corrected chi connectivity index (χ2v) is 6.42. The number of carbonyl (C=O) groups is 1. The number of anilines is 1. The van der Waals surface area contributed by atoms with Crippen LogP contribution in [0.1, 0.15) is 17.5 Å². The van der Waals surface area contributed by atoms with Crippen molar-refractivity contribution in [2.24, 2.45) is 0 Å². The molecule has 1 N–H and O–H groups in total. The maximum Gasteiger partial charge on any atom is 0.416 e. The summed E-state index contributed by atoms with van der Waals surface area (Å²) in [5.41, 5.74) is 0.402. The molecule has 0 saturated carbocycles. The van der Waals surface area contributed by atoms with E-state index in [1.165, 1.54) is 16.9 Å². The third kappa shape index (κ3) is 4.18. The standard InChI is InChI=1S/C20H16F3N3O3/c21-20(22,23)14-4-5-16(26-9-1-8-24-26)15(11-14)25-19(27)7-3-13-2-6-17-18(10-13)29-12-28-17/h1-2,4-6,8-11H,3,7,12H2,(H,25,27). The largest absolute Gasteiger partial charge is 0.454 e. The van der Waals surface area contributed by atoms with Crippen molar-refractivity contribution < 1.29 is 27.4 Å². The maximum atomic E-state index is 13.1. The van der Waals surface area contributed by atoms with E-state index in [1.807, 2.05) is 6.07 Å². The number of hydrogen-bond acceptors (Lipinski definition) is 4. The molecule has 9 heteroatoms. The zero-order valence-corrected chi connectivity index (χ0v) is 15.1. The van der Waals surface area contributed by atoms with Gasteiger partial charge in [-0.15, -0.1) is 0 Å². The number of carbonyl (C=O) groups excluding carboxylic acids is 1. The van der Waals surface area contributed by atoms with Gasteiger partial charge in [-0.25, -0.2) is 4.68 Å². The van der Waals surface area contributed by atoms with Gasteiger partial charge in [-0.05, 0) is 48.4 Å². The zero-order valence-electron chi connectivity index (χ0n) is 15.1. The number of fused-ring (bicyclic) bond motifs is 1. The Morgan fingerprint density at radius 2 is 1.97 bits per heavy atom. The molecule has 3 aromatic rings. The molecule has 0 bridgehead atoms. The van der Waals surface area contributed by atoms with Crippen LogP contribution in [0.25, 0.3) is 5.69 Å². The molecule has 0 aliphatic carbocycles. The van der Waals surface area contributed by atoms with Crippen molar-refractivity contribution in [2.45, 2.75) is 19.0 Å². The molecular formula is C20H16F3N3O3. The van der Waals surface area contributed by atoms with Crippen molar-refractivity contribution in [1.82, 2.24) is 9.78 Å². The van der Waals surface area contributed by atoms with Crippen LogP contribution in [-0.4, -0.2) is 22.5 Å². The average molecular weight is 403 g/mol. The molecule has 0 saturated heterocycles. The number of benzene rings is 2. The summed E-state index contributed by atoms with van der Waals surface area (Å²) in [5, 5.41) is 6.61. The minimum atomic E-state index is -4.52. The van der Waals surface area contributed by atoms with Crippen molar-refractivity contribution in [3.63, 3.8) is 0 Å². The molecule has 150 valence electrons. The van der Waals surface area contributed by atoms with Crippen LogP contribution >= 0.6 is 0 Å². The number of rotatable bonds is 5. The van der Waals surface area contributed by atoms with Crippen LogP contribution < -0.4 is 14.8 Å². The third-order valence-electron chi connectivity index (χ3n) is 4.43. The summed E-state index contributed by atoms with van der Waals surface area (Å²) in [7, 11) is 0. The van der Waals surface area contributed by atoms with Crippen molar-refractivity contribution >= 4 is 11.6 Å². The van der Waals surface area contributed by atoms with E-state index in [-0.39, 0.29) is 18.9 Å². The highest BCUT2D eigenvalue weighted by Crippen LogP contribution is 2.34. The second kappa shape index (κ2) is 7.50. The molecule has 2 heterocycles. The number of nitrogens with zero attached hydrogens (tertiary/aromatic N) is 2. The Morgan fingerprint density at radius 3 is 2.72 bits per heavy atom. The molecule has 4 rings (SSSR count). The molecule has 0 unspecified atom stereocenters. The minimum absolute atomic E-state index is 0.0409. The first kappa shape index (κ1) is 18.9. The fourth-order valence-corrected chi connectivity index (χ4v) is 2.99. The van der Waals surface area contributed by atoms with Crippen molar-refractivity contribution in [3.05, 3.63) is 66.0 Å². The van der Waals surface area contributed by atoms with E-state index >= 15 is 0 Å². The monoisotopic (exact) mass is 403 g/mol. The second-order valence-electron chi connectivity index (χ2n) is 6.42. The Morgan fingerprint density at radius 1 is 1.14 bits per heavy atom. The molecule has 0 spiro atoms. The number of ether oxygens (including phenoxy) is 2. The lowest BCUT2D eigenvalue weighted by molar-refractivity contribution is -0.137. The number of nitrogens with one attached hydrogen (secondary N) is 1. The first-order chi connectivity index (χ1) is 13.9. The van der Waals surface area contributed by atoms with Crippen LogP contribution in [0.5, 0.6) is 11.5 Å². The predicted molar refractivity (Wildman–Crippen MR) is 98.1 cm³/mol. The highest BCUT2D eigenvalue weighted by molar-refractivity contribution is 5.93. The van der Waals surface area contributed by atoms with Crippen LogP contribution in [0.4, 0.5) is 18.9 Å². The van der Waals surface area contributed by atoms with Crippen LogP contribution in [0.15, 0.2) is 54.9 Å². The minimum Gasteiger partial charge on any atom is -0.454 e. The van der Waals surface area contributed by atoms with E-state index in [9.17, 15) is 18.0 Å². The maximum absolute atomic E-state index is 13.1. The van der Waals surface area contributed by atoms with Crippen LogP contribution in [0, 0.1) is 0 Å². The van der Waals surface area contributed by atoms with Crippen LogP contribution in [0.2, 0.25) is 0 Å². The van der Waals surface area contributed by atoms with E-state index in [4.69, 9.17) is 9.47 Å². The highest BCUT2D eigenvalue weighted by Gasteiger charge is 2.31. The molecule has 1 aliphatic rings. The van der Waals surface area contributed by atoms with Gasteiger partial charge in [0.15, 0.2) is 11.5 Å². The predicted octanol–water partition coefficient (Wildman–Crippen LogP) is 4.19. The average Bonchev–Trinajstić information content (AvgIpc) is 3.37. The van der Waals surface area contributed by atoms with Gasteiger partial charge in [0, 0.05) is 18.8 Å². The van der Waals surface area contributed by atoms with Gasteiger partial charge in [-0.1, -0.05) is 6.07 Å². The van der Waals surface area contributed by atoms with Gasteiger partial charge in [-0.3, -0.25) is 4.79 Å². The quantitative estimate of drug-likeness (QED) is 0.694. The van der Waals surface area contributed by atoms with E-state index < -0.39 is 17.6 Å². The summed E-state index contributed by atoms with van der Waals surface area (Å²) in [4.78, 5) is 12.4. The van der Waals surface area contributed by atoms with E-state index in [1.54, 1.807) is 24.4 Å². The number of halogens is 3. The lowest BCUT2D eigenvalue weighted by atomic mass is 10.1. The van der Waals surface area contributed by atoms with Gasteiger partial charge in [0.25, 0.3) is 0 Å². The number of aromatic nitrogens is 2. The Hall–Kier alpha value is -3.49. The Kier molecular flexibility index (Phi) is 4.87. The molecule has 0 atom stereocenters. The molecule has 1 aliphatic heterocycles. The molecule has 1 amide bonds. The Bertz CT molecular complexity index is 1030. The molecule has 6 nitrogen and oxygen atoms in total. The number of alkyl halides is 3. The first-order valence-corrected chi connectivity index (χ1v) is 8.80. The number of amides is 1. The summed E-state index contributed by atoms with van der Waals surface area (Å²) in [6, 6.07) is 10.2. The lowest BCUT2D eigenvalue weighted by Gasteiger charge is -2.15. The van der Waals surface area contributed by atoms with Crippen LogP contribution in [-0.2, 0) is 17.4 Å². The molecule has 29 heavy (non-hydrogen) atoms. The zero-order chi connectivity index (χ0) is 20.4. The number of hydrogen-bond donors (Lipinski definition) is 1. The summed E-state index contributed by atoms with van der Waals surface area (Å²) in [6.45, 7) is 0.158. The third-order valence-corrected chi connectivity index (χ3v) is 4.43. The fraction of sp³-hybridized carbons (Fsp3) is 0.200. The van der Waals surface area contributed by atoms with Crippen molar-refractivity contribution in [2.75, 3.05) is 12.1 Å². The molecule has 0 fully saturated rings. The van der Waals surface area contributed by atoms with E-state index in [0.29, 0.717) is 23.6 Å². The molecule has 0 radical (unpaired) electrons. The van der Waals surface area contributed by atoms with Crippen molar-refractivity contribution in [1.29, 1.82) is 0 Å². The summed E-state index contributed by atoms with van der Waals surface area (Å²) < 4.78 is 51.2. The SMILES string of the molecule is O=C(CCc1ccc2c(c1)OCO2)Nc1cc(C(F)(F)F)ccc1-n1cccn1. The molecular weight excluding hydrogens is 387 g/mol. The van der Waals surface area contributed by atoms with Gasteiger partial charge in [0.05, 0.1) is 16.9 Å². The summed E-state index contributed by atoms with van der Waals surface area (Å²) in [5.74, 6) is 0.850.